The highest BCUT2D eigenvalue weighted by Gasteiger charge is 2.08. The maximum Gasteiger partial charge on any atom is 0.122 e. The number of methoxy groups -OCH3 is 1. The monoisotopic (exact) mass is 451 g/mol. The zero-order chi connectivity index (χ0) is 19.9. The summed E-state index contributed by atoms with van der Waals surface area (Å²) in [5.41, 5.74) is 5.32. The van der Waals surface area contributed by atoms with Gasteiger partial charge in [-0.25, -0.2) is 4.98 Å². The van der Waals surface area contributed by atoms with Crippen molar-refractivity contribution in [2.24, 2.45) is 5.10 Å². The van der Waals surface area contributed by atoms with E-state index in [0.717, 1.165) is 27.7 Å². The molecule has 0 atom stereocenters. The van der Waals surface area contributed by atoms with Crippen LogP contribution in [-0.2, 0) is 5.75 Å². The largest absolute Gasteiger partial charge is 0.496 e. The second-order valence-electron chi connectivity index (χ2n) is 5.64. The Morgan fingerprint density at radius 2 is 1.89 bits per heavy atom. The Morgan fingerprint density at radius 1 is 1.11 bits per heavy atom. The quantitative estimate of drug-likeness (QED) is 0.243. The maximum atomic E-state index is 6.15. The number of nitrogens with one attached hydrogen (secondary N) is 1. The Morgan fingerprint density at radius 3 is 2.57 bits per heavy atom. The zero-order valence-electron chi connectivity index (χ0n) is 14.8. The van der Waals surface area contributed by atoms with Crippen LogP contribution in [0.1, 0.15) is 11.1 Å². The van der Waals surface area contributed by atoms with Gasteiger partial charge in [0.15, 0.2) is 0 Å². The van der Waals surface area contributed by atoms with Gasteiger partial charge in [-0.3, -0.25) is 5.43 Å². The molecular weight excluding hydrogens is 437 g/mol. The van der Waals surface area contributed by atoms with Crippen molar-refractivity contribution in [3.63, 3.8) is 0 Å². The van der Waals surface area contributed by atoms with Gasteiger partial charge >= 0.3 is 0 Å². The van der Waals surface area contributed by atoms with E-state index in [1.165, 1.54) is 0 Å². The molecule has 0 aliphatic heterocycles. The molecule has 0 bridgehead atoms. The van der Waals surface area contributed by atoms with Crippen LogP contribution in [0.5, 0.6) is 5.75 Å². The lowest BCUT2D eigenvalue weighted by Gasteiger charge is -2.09. The van der Waals surface area contributed by atoms with Crippen molar-refractivity contribution in [2.45, 2.75) is 10.8 Å². The van der Waals surface area contributed by atoms with Crippen molar-refractivity contribution in [2.75, 3.05) is 12.5 Å². The molecule has 0 unspecified atom stereocenters. The lowest BCUT2D eigenvalue weighted by Crippen LogP contribution is -1.96. The van der Waals surface area contributed by atoms with Gasteiger partial charge in [-0.1, -0.05) is 40.9 Å². The third-order valence-electron chi connectivity index (χ3n) is 3.71. The standard InChI is InChI=1S/C20H16Cl3N3OS/c1-27-18-6-5-13(8-14(18)12-28-19-4-2-3-7-24-19)11-25-26-20-16(22)9-15(21)10-17(20)23/h2-11,26H,12H2,1H3/b25-11+. The van der Waals surface area contributed by atoms with E-state index in [4.69, 9.17) is 39.5 Å². The number of benzene rings is 2. The van der Waals surface area contributed by atoms with Crippen molar-refractivity contribution in [1.29, 1.82) is 0 Å². The molecule has 28 heavy (non-hydrogen) atoms. The highest BCUT2D eigenvalue weighted by atomic mass is 35.5. The molecule has 2 aromatic carbocycles. The average Bonchev–Trinajstić information content (AvgIpc) is 2.69. The minimum Gasteiger partial charge on any atom is -0.496 e. The Balaban J connectivity index is 1.73. The number of hydrazone groups is 1. The third kappa shape index (κ3) is 5.55. The van der Waals surface area contributed by atoms with Gasteiger partial charge in [0.2, 0.25) is 0 Å². The highest BCUT2D eigenvalue weighted by Crippen LogP contribution is 2.33. The molecule has 0 aliphatic rings. The second-order valence-corrected chi connectivity index (χ2v) is 7.89. The van der Waals surface area contributed by atoms with E-state index in [1.54, 1.807) is 43.4 Å². The average molecular weight is 453 g/mol. The van der Waals surface area contributed by atoms with Crippen molar-refractivity contribution >= 4 is 58.5 Å². The van der Waals surface area contributed by atoms with E-state index in [1.807, 2.05) is 36.4 Å². The second kappa shape index (κ2) is 10.0. The van der Waals surface area contributed by atoms with Gasteiger partial charge in [0, 0.05) is 22.5 Å². The summed E-state index contributed by atoms with van der Waals surface area (Å²) in [5.74, 6) is 1.54. The molecule has 3 rings (SSSR count). The fourth-order valence-electron chi connectivity index (χ4n) is 2.40. The number of nitrogens with zero attached hydrogens (tertiary/aromatic N) is 2. The van der Waals surface area contributed by atoms with Gasteiger partial charge in [0.05, 0.1) is 34.1 Å². The molecule has 0 saturated heterocycles. The molecule has 0 saturated carbocycles. The van der Waals surface area contributed by atoms with E-state index in [9.17, 15) is 0 Å². The van der Waals surface area contributed by atoms with Gasteiger partial charge in [-0.2, -0.15) is 5.10 Å². The van der Waals surface area contributed by atoms with Gasteiger partial charge in [-0.15, -0.1) is 11.8 Å². The summed E-state index contributed by atoms with van der Waals surface area (Å²) in [7, 11) is 1.66. The van der Waals surface area contributed by atoms with E-state index >= 15 is 0 Å². The van der Waals surface area contributed by atoms with E-state index < -0.39 is 0 Å². The molecule has 0 aliphatic carbocycles. The minimum absolute atomic E-state index is 0.400. The first-order valence-corrected chi connectivity index (χ1v) is 10.3. The van der Waals surface area contributed by atoms with Crippen LogP contribution in [-0.4, -0.2) is 18.3 Å². The zero-order valence-corrected chi connectivity index (χ0v) is 17.9. The van der Waals surface area contributed by atoms with Crippen LogP contribution in [0.4, 0.5) is 5.69 Å². The lowest BCUT2D eigenvalue weighted by atomic mass is 10.1. The van der Waals surface area contributed by atoms with E-state index in [2.05, 4.69) is 15.5 Å². The molecule has 3 aromatic rings. The van der Waals surface area contributed by atoms with Crippen molar-refractivity contribution < 1.29 is 4.74 Å². The number of hydrogen-bond donors (Lipinski definition) is 1. The fraction of sp³-hybridized carbons (Fsp3) is 0.100. The van der Waals surface area contributed by atoms with Crippen molar-refractivity contribution in [3.8, 4) is 5.75 Å². The van der Waals surface area contributed by atoms with E-state index in [0.29, 0.717) is 20.8 Å². The van der Waals surface area contributed by atoms with Crippen LogP contribution in [0.3, 0.4) is 0 Å². The van der Waals surface area contributed by atoms with Gasteiger partial charge in [0.25, 0.3) is 0 Å². The number of ether oxygens (including phenoxy) is 1. The van der Waals surface area contributed by atoms with Gasteiger partial charge in [0.1, 0.15) is 5.75 Å². The summed E-state index contributed by atoms with van der Waals surface area (Å²) in [6, 6.07) is 14.9. The highest BCUT2D eigenvalue weighted by molar-refractivity contribution is 7.98. The molecule has 1 aromatic heterocycles. The lowest BCUT2D eigenvalue weighted by molar-refractivity contribution is 0.411. The first-order chi connectivity index (χ1) is 13.6. The number of anilines is 1. The van der Waals surface area contributed by atoms with Crippen LogP contribution in [0.2, 0.25) is 15.1 Å². The number of rotatable bonds is 7. The van der Waals surface area contributed by atoms with E-state index in [-0.39, 0.29) is 0 Å². The SMILES string of the molecule is COc1ccc(/C=N/Nc2c(Cl)cc(Cl)cc2Cl)cc1CSc1ccccn1. The normalized spacial score (nSPS) is 11.0. The molecule has 8 heteroatoms. The summed E-state index contributed by atoms with van der Waals surface area (Å²) >= 11 is 19.9. The minimum atomic E-state index is 0.400. The van der Waals surface area contributed by atoms with Crippen molar-refractivity contribution in [3.05, 3.63) is 80.9 Å². The first-order valence-electron chi connectivity index (χ1n) is 8.21. The predicted octanol–water partition coefficient (Wildman–Crippen LogP) is 6.79. The summed E-state index contributed by atoms with van der Waals surface area (Å²) in [4.78, 5) is 4.33. The topological polar surface area (TPSA) is 46.5 Å². The number of pyridine rings is 1. The van der Waals surface area contributed by atoms with Crippen LogP contribution in [0.25, 0.3) is 0 Å². The Kier molecular flexibility index (Phi) is 7.45. The summed E-state index contributed by atoms with van der Waals surface area (Å²) in [5, 5.41) is 6.45. The van der Waals surface area contributed by atoms with Crippen LogP contribution in [0, 0.1) is 0 Å². The van der Waals surface area contributed by atoms with Gasteiger partial charge in [-0.05, 0) is 48.0 Å². The molecule has 0 fully saturated rings. The molecule has 0 amide bonds. The van der Waals surface area contributed by atoms with Crippen LogP contribution >= 0.6 is 46.6 Å². The molecule has 1 heterocycles. The van der Waals surface area contributed by atoms with Crippen molar-refractivity contribution in [1.82, 2.24) is 4.98 Å². The Bertz CT molecular complexity index is 961. The summed E-state index contributed by atoms with van der Waals surface area (Å²) < 4.78 is 5.46. The molecule has 144 valence electrons. The predicted molar refractivity (Wildman–Crippen MR) is 119 cm³/mol. The van der Waals surface area contributed by atoms with Crippen LogP contribution in [0.15, 0.2) is 64.9 Å². The number of aromatic nitrogens is 1. The molecule has 1 N–H and O–H groups in total. The molecule has 4 nitrogen and oxygen atoms in total. The molecule has 0 spiro atoms. The number of thioether (sulfide) groups is 1. The smallest absolute Gasteiger partial charge is 0.122 e. The first kappa shape index (κ1) is 20.8. The number of hydrogen-bond acceptors (Lipinski definition) is 5. The van der Waals surface area contributed by atoms with Gasteiger partial charge < -0.3 is 4.74 Å². The summed E-state index contributed by atoms with van der Waals surface area (Å²) in [6.45, 7) is 0. The molecule has 0 radical (unpaired) electrons. The Labute approximate surface area is 182 Å². The molecular formula is C20H16Cl3N3OS. The Hall–Kier alpha value is -1.92. The summed E-state index contributed by atoms with van der Waals surface area (Å²) in [6.07, 6.45) is 3.47. The number of halogens is 3. The fourth-order valence-corrected chi connectivity index (χ4v) is 4.14. The maximum absolute atomic E-state index is 6.15. The van der Waals surface area contributed by atoms with Crippen LogP contribution < -0.4 is 10.2 Å². The third-order valence-corrected chi connectivity index (χ3v) is 5.52.